The van der Waals surface area contributed by atoms with Gasteiger partial charge in [-0.3, -0.25) is 14.5 Å². The van der Waals surface area contributed by atoms with E-state index in [1.165, 1.54) is 13.0 Å². The summed E-state index contributed by atoms with van der Waals surface area (Å²) in [6.45, 7) is 1.20. The summed E-state index contributed by atoms with van der Waals surface area (Å²) in [5.74, 6) is -1.17. The van der Waals surface area contributed by atoms with E-state index in [2.05, 4.69) is 0 Å². The first kappa shape index (κ1) is 12.1. The number of ether oxygens (including phenoxy) is 1. The molecule has 2 rings (SSSR count). The van der Waals surface area contributed by atoms with Crippen LogP contribution >= 0.6 is 0 Å². The van der Waals surface area contributed by atoms with Gasteiger partial charge in [0, 0.05) is 5.56 Å². The third-order valence-corrected chi connectivity index (χ3v) is 2.74. The first-order valence-corrected chi connectivity index (χ1v) is 5.31. The lowest BCUT2D eigenvalue weighted by molar-refractivity contribution is -0.140. The second-order valence-corrected chi connectivity index (χ2v) is 3.91. The number of aliphatic carboxylic acids is 1. The largest absolute Gasteiger partial charge is 0.482 e. The van der Waals surface area contributed by atoms with E-state index in [4.69, 9.17) is 9.84 Å². The Morgan fingerprint density at radius 2 is 2.28 bits per heavy atom. The summed E-state index contributed by atoms with van der Waals surface area (Å²) >= 11 is 0. The molecule has 0 aliphatic carbocycles. The number of aldehydes is 1. The van der Waals surface area contributed by atoms with Gasteiger partial charge in [0.05, 0.1) is 5.69 Å². The maximum absolute atomic E-state index is 11.8. The van der Waals surface area contributed by atoms with Crippen molar-refractivity contribution in [2.45, 2.75) is 13.0 Å². The summed E-state index contributed by atoms with van der Waals surface area (Å²) in [6.07, 6.45) is 0.628. The summed E-state index contributed by atoms with van der Waals surface area (Å²) in [7, 11) is 0. The van der Waals surface area contributed by atoms with E-state index in [9.17, 15) is 14.4 Å². The molecule has 1 atom stereocenters. The van der Waals surface area contributed by atoms with Gasteiger partial charge in [-0.15, -0.1) is 0 Å². The zero-order chi connectivity index (χ0) is 13.3. The monoisotopic (exact) mass is 249 g/mol. The lowest BCUT2D eigenvalue weighted by Gasteiger charge is -2.32. The number of anilines is 1. The lowest BCUT2D eigenvalue weighted by Crippen LogP contribution is -2.48. The molecular formula is C12H11NO5. The summed E-state index contributed by atoms with van der Waals surface area (Å²) in [5, 5.41) is 9.00. The zero-order valence-corrected chi connectivity index (χ0v) is 9.62. The highest BCUT2D eigenvalue weighted by atomic mass is 16.5. The standard InChI is InChI=1S/C12H11NO5/c1-7(12(16)17)13-9-4-8(5-14)2-3-10(9)18-6-11(13)15/h2-5,7H,6H2,1H3,(H,16,17). The van der Waals surface area contributed by atoms with Crippen LogP contribution in [0.4, 0.5) is 5.69 Å². The van der Waals surface area contributed by atoms with E-state index in [0.717, 1.165) is 4.90 Å². The van der Waals surface area contributed by atoms with Gasteiger partial charge in [-0.2, -0.15) is 0 Å². The van der Waals surface area contributed by atoms with Crippen molar-refractivity contribution in [3.63, 3.8) is 0 Å². The predicted molar refractivity (Wildman–Crippen MR) is 61.9 cm³/mol. The molecule has 0 saturated carbocycles. The molecule has 6 nitrogen and oxygen atoms in total. The number of rotatable bonds is 3. The van der Waals surface area contributed by atoms with Crippen LogP contribution in [-0.4, -0.2) is 35.9 Å². The second kappa shape index (κ2) is 4.48. The van der Waals surface area contributed by atoms with Gasteiger partial charge in [0.25, 0.3) is 5.91 Å². The number of hydrogen-bond donors (Lipinski definition) is 1. The molecule has 1 aliphatic rings. The van der Waals surface area contributed by atoms with Crippen molar-refractivity contribution in [1.82, 2.24) is 0 Å². The Morgan fingerprint density at radius 1 is 1.56 bits per heavy atom. The predicted octanol–water partition coefficient (Wildman–Crippen LogP) is 0.698. The molecule has 0 aromatic heterocycles. The van der Waals surface area contributed by atoms with E-state index in [1.807, 2.05) is 0 Å². The van der Waals surface area contributed by atoms with Crippen molar-refractivity contribution < 1.29 is 24.2 Å². The molecule has 0 bridgehead atoms. The van der Waals surface area contributed by atoms with Gasteiger partial charge in [-0.1, -0.05) is 0 Å². The van der Waals surface area contributed by atoms with Crippen LogP contribution in [-0.2, 0) is 9.59 Å². The molecule has 18 heavy (non-hydrogen) atoms. The Kier molecular flexibility index (Phi) is 3.01. The molecule has 1 unspecified atom stereocenters. The average molecular weight is 249 g/mol. The number of carboxylic acids is 1. The van der Waals surface area contributed by atoms with E-state index < -0.39 is 17.9 Å². The number of benzene rings is 1. The van der Waals surface area contributed by atoms with Crippen LogP contribution in [0.25, 0.3) is 0 Å². The smallest absolute Gasteiger partial charge is 0.326 e. The van der Waals surface area contributed by atoms with Gasteiger partial charge in [-0.05, 0) is 25.1 Å². The molecule has 0 fully saturated rings. The first-order valence-electron chi connectivity index (χ1n) is 5.31. The summed E-state index contributed by atoms with van der Waals surface area (Å²) in [5.41, 5.74) is 0.667. The van der Waals surface area contributed by atoms with Crippen LogP contribution in [0.3, 0.4) is 0 Å². The average Bonchev–Trinajstić information content (AvgIpc) is 2.37. The summed E-state index contributed by atoms with van der Waals surface area (Å²) < 4.78 is 5.20. The van der Waals surface area contributed by atoms with Crippen molar-refractivity contribution in [2.75, 3.05) is 11.5 Å². The lowest BCUT2D eigenvalue weighted by atomic mass is 10.1. The SMILES string of the molecule is CC(C(=O)O)N1C(=O)COc2ccc(C=O)cc21. The van der Waals surface area contributed by atoms with Crippen molar-refractivity contribution in [3.05, 3.63) is 23.8 Å². The van der Waals surface area contributed by atoms with E-state index in [-0.39, 0.29) is 6.61 Å². The number of nitrogens with zero attached hydrogens (tertiary/aromatic N) is 1. The number of amides is 1. The molecule has 1 aromatic rings. The molecular weight excluding hydrogens is 238 g/mol. The van der Waals surface area contributed by atoms with E-state index in [1.54, 1.807) is 12.1 Å². The second-order valence-electron chi connectivity index (χ2n) is 3.91. The van der Waals surface area contributed by atoms with E-state index in [0.29, 0.717) is 23.3 Å². The highest BCUT2D eigenvalue weighted by Gasteiger charge is 2.33. The zero-order valence-electron chi connectivity index (χ0n) is 9.62. The Bertz CT molecular complexity index is 525. The van der Waals surface area contributed by atoms with Gasteiger partial charge in [0.15, 0.2) is 6.61 Å². The summed E-state index contributed by atoms with van der Waals surface area (Å²) in [4.78, 5) is 34.6. The van der Waals surface area contributed by atoms with Crippen LogP contribution in [0.5, 0.6) is 5.75 Å². The van der Waals surface area contributed by atoms with Crippen LogP contribution in [0.2, 0.25) is 0 Å². The molecule has 1 aromatic carbocycles. The Morgan fingerprint density at radius 3 is 2.89 bits per heavy atom. The number of hydrogen-bond acceptors (Lipinski definition) is 4. The van der Waals surface area contributed by atoms with Gasteiger partial charge in [0.2, 0.25) is 0 Å². The topological polar surface area (TPSA) is 83.9 Å². The maximum atomic E-state index is 11.8. The number of carbonyl (C=O) groups is 3. The third kappa shape index (κ3) is 1.92. The highest BCUT2D eigenvalue weighted by molar-refractivity contribution is 6.03. The van der Waals surface area contributed by atoms with Crippen molar-refractivity contribution in [2.24, 2.45) is 0 Å². The molecule has 6 heteroatoms. The van der Waals surface area contributed by atoms with Gasteiger partial charge in [-0.25, -0.2) is 4.79 Å². The van der Waals surface area contributed by atoms with Gasteiger partial charge >= 0.3 is 5.97 Å². The van der Waals surface area contributed by atoms with Gasteiger partial charge in [0.1, 0.15) is 18.1 Å². The minimum absolute atomic E-state index is 0.203. The normalized spacial score (nSPS) is 15.6. The molecule has 1 heterocycles. The van der Waals surface area contributed by atoms with Crippen molar-refractivity contribution in [3.8, 4) is 5.75 Å². The first-order chi connectivity index (χ1) is 8.54. The number of carbonyl (C=O) groups excluding carboxylic acids is 2. The summed E-state index contributed by atoms with van der Waals surface area (Å²) in [6, 6.07) is 3.53. The molecule has 0 spiro atoms. The van der Waals surface area contributed by atoms with E-state index >= 15 is 0 Å². The van der Waals surface area contributed by atoms with Crippen molar-refractivity contribution in [1.29, 1.82) is 0 Å². The van der Waals surface area contributed by atoms with Gasteiger partial charge < -0.3 is 9.84 Å². The maximum Gasteiger partial charge on any atom is 0.326 e. The van der Waals surface area contributed by atoms with Crippen molar-refractivity contribution >= 4 is 23.9 Å². The number of carboxylic acid groups (broad SMARTS) is 1. The fraction of sp³-hybridized carbons (Fsp3) is 0.250. The Balaban J connectivity index is 2.51. The molecule has 1 aliphatic heterocycles. The minimum atomic E-state index is -1.12. The Labute approximate surface area is 103 Å². The molecule has 0 radical (unpaired) electrons. The quantitative estimate of drug-likeness (QED) is 0.797. The minimum Gasteiger partial charge on any atom is -0.482 e. The third-order valence-electron chi connectivity index (χ3n) is 2.74. The molecule has 0 saturated heterocycles. The fourth-order valence-electron chi connectivity index (χ4n) is 1.80. The number of fused-ring (bicyclic) bond motifs is 1. The van der Waals surface area contributed by atoms with Crippen LogP contribution in [0, 0.1) is 0 Å². The molecule has 94 valence electrons. The van der Waals surface area contributed by atoms with Crippen LogP contribution < -0.4 is 9.64 Å². The fourth-order valence-corrected chi connectivity index (χ4v) is 1.80. The van der Waals surface area contributed by atoms with Crippen LogP contribution in [0.15, 0.2) is 18.2 Å². The molecule has 1 N–H and O–H groups in total. The van der Waals surface area contributed by atoms with Crippen LogP contribution in [0.1, 0.15) is 17.3 Å². The Hall–Kier alpha value is -2.37. The molecule has 1 amide bonds. The highest BCUT2D eigenvalue weighted by Crippen LogP contribution is 2.33.